The SMILES string of the molecule is CCOC(=O)C(c1ncn2c1C[C@@H](F)C2)n1cc2c(C(F)F)cc(-c3ccc(CN(C)C4CCC(O)CC4)cc3)c(C)c2n1. The summed E-state index contributed by atoms with van der Waals surface area (Å²) in [4.78, 5) is 19.9. The molecule has 0 saturated heterocycles. The van der Waals surface area contributed by atoms with Gasteiger partial charge in [0.25, 0.3) is 6.43 Å². The fourth-order valence-corrected chi connectivity index (χ4v) is 6.75. The molecule has 2 atom stereocenters. The third-order valence-corrected chi connectivity index (χ3v) is 9.15. The zero-order valence-electron chi connectivity index (χ0n) is 25.2. The number of hydrogen-bond acceptors (Lipinski definition) is 6. The lowest BCUT2D eigenvalue weighted by Crippen LogP contribution is -2.35. The molecule has 1 fully saturated rings. The predicted octanol–water partition coefficient (Wildman–Crippen LogP) is 5.93. The standard InChI is InChI=1S/C33H38F3N5O3/c1-4-44-33(43)31(30-28-13-22(34)16-40(28)18-37-30)41-17-27-26(32(35)36)14-25(19(2)29(27)38-41)21-7-5-20(6-8-21)15-39(3)23-9-11-24(42)12-10-23/h5-8,14,17-18,22-24,31-32,42H,4,9-13,15-16H2,1-3H3/t22-,23?,24?,31?/m1/s1. The molecule has 2 aromatic carbocycles. The minimum absolute atomic E-state index is 0.104. The van der Waals surface area contributed by atoms with Gasteiger partial charge in [-0.25, -0.2) is 22.9 Å². The number of rotatable bonds is 9. The highest BCUT2D eigenvalue weighted by Crippen LogP contribution is 2.38. The van der Waals surface area contributed by atoms with Crippen LogP contribution in [0.15, 0.2) is 42.9 Å². The van der Waals surface area contributed by atoms with Crippen molar-refractivity contribution in [2.45, 2.75) is 89.8 Å². The van der Waals surface area contributed by atoms with Crippen molar-refractivity contribution in [2.24, 2.45) is 0 Å². The first-order valence-electron chi connectivity index (χ1n) is 15.3. The minimum atomic E-state index is -2.78. The molecule has 1 aliphatic carbocycles. The molecule has 6 rings (SSSR count). The lowest BCUT2D eigenvalue weighted by molar-refractivity contribution is -0.146. The van der Waals surface area contributed by atoms with Crippen molar-refractivity contribution in [3.8, 4) is 11.1 Å². The van der Waals surface area contributed by atoms with E-state index in [0.717, 1.165) is 43.4 Å². The van der Waals surface area contributed by atoms with Crippen molar-refractivity contribution in [3.63, 3.8) is 0 Å². The van der Waals surface area contributed by atoms with Gasteiger partial charge in [0.2, 0.25) is 0 Å². The van der Waals surface area contributed by atoms with E-state index >= 15 is 0 Å². The van der Waals surface area contributed by atoms with Crippen LogP contribution in [-0.4, -0.2) is 67.3 Å². The Kier molecular flexibility index (Phi) is 8.52. The molecule has 4 aromatic rings. The number of ether oxygens (including phenoxy) is 1. The Morgan fingerprint density at radius 3 is 2.59 bits per heavy atom. The molecule has 0 spiro atoms. The molecule has 2 aromatic heterocycles. The van der Waals surface area contributed by atoms with Crippen LogP contribution >= 0.6 is 0 Å². The van der Waals surface area contributed by atoms with Gasteiger partial charge < -0.3 is 14.4 Å². The number of imidazole rings is 1. The van der Waals surface area contributed by atoms with Crippen LogP contribution in [0.25, 0.3) is 22.0 Å². The van der Waals surface area contributed by atoms with Gasteiger partial charge in [0.15, 0.2) is 6.04 Å². The van der Waals surface area contributed by atoms with Gasteiger partial charge in [-0.1, -0.05) is 24.3 Å². The van der Waals surface area contributed by atoms with Crippen LogP contribution in [0.4, 0.5) is 13.2 Å². The topological polar surface area (TPSA) is 85.4 Å². The van der Waals surface area contributed by atoms with Gasteiger partial charge in [0.05, 0.1) is 36.8 Å². The maximum atomic E-state index is 14.5. The van der Waals surface area contributed by atoms with E-state index in [4.69, 9.17) is 4.74 Å². The van der Waals surface area contributed by atoms with Crippen molar-refractivity contribution < 1.29 is 27.8 Å². The van der Waals surface area contributed by atoms with Crippen LogP contribution in [-0.2, 0) is 29.0 Å². The molecule has 1 N–H and O–H groups in total. The molecule has 44 heavy (non-hydrogen) atoms. The van der Waals surface area contributed by atoms with Gasteiger partial charge >= 0.3 is 5.97 Å². The molecule has 0 radical (unpaired) electrons. The fourth-order valence-electron chi connectivity index (χ4n) is 6.75. The third kappa shape index (κ3) is 5.75. The Morgan fingerprint density at radius 1 is 1.18 bits per heavy atom. The lowest BCUT2D eigenvalue weighted by Gasteiger charge is -2.33. The zero-order chi connectivity index (χ0) is 31.1. The molecule has 1 unspecified atom stereocenters. The summed E-state index contributed by atoms with van der Waals surface area (Å²) in [6.45, 7) is 4.53. The third-order valence-electron chi connectivity index (χ3n) is 9.15. The normalized spacial score (nSPS) is 20.9. The first kappa shape index (κ1) is 30.3. The number of hydrogen-bond donors (Lipinski definition) is 1. The van der Waals surface area contributed by atoms with E-state index in [2.05, 4.69) is 22.0 Å². The van der Waals surface area contributed by atoms with Crippen LogP contribution < -0.4 is 0 Å². The van der Waals surface area contributed by atoms with Gasteiger partial charge in [0, 0.05) is 41.8 Å². The van der Waals surface area contributed by atoms with Crippen molar-refractivity contribution in [3.05, 3.63) is 70.9 Å². The largest absolute Gasteiger partial charge is 0.464 e. The highest BCUT2D eigenvalue weighted by molar-refractivity contribution is 5.92. The molecular formula is C33H38F3N5O3. The van der Waals surface area contributed by atoms with Gasteiger partial charge in [-0.2, -0.15) is 5.10 Å². The maximum Gasteiger partial charge on any atom is 0.337 e. The van der Waals surface area contributed by atoms with Crippen LogP contribution in [0, 0.1) is 6.92 Å². The second-order valence-corrected chi connectivity index (χ2v) is 12.1. The summed E-state index contributed by atoms with van der Waals surface area (Å²) in [6, 6.07) is 8.70. The molecule has 1 aliphatic heterocycles. The van der Waals surface area contributed by atoms with E-state index in [1.54, 1.807) is 11.5 Å². The van der Waals surface area contributed by atoms with E-state index < -0.39 is 24.6 Å². The Morgan fingerprint density at radius 2 is 1.91 bits per heavy atom. The van der Waals surface area contributed by atoms with Crippen LogP contribution in [0.5, 0.6) is 0 Å². The van der Waals surface area contributed by atoms with E-state index in [0.29, 0.717) is 34.1 Å². The molecular weight excluding hydrogens is 571 g/mol. The van der Waals surface area contributed by atoms with E-state index in [-0.39, 0.29) is 36.6 Å². The lowest BCUT2D eigenvalue weighted by atomic mass is 9.92. The van der Waals surface area contributed by atoms with Gasteiger partial charge in [-0.05, 0) is 74.9 Å². The second-order valence-electron chi connectivity index (χ2n) is 12.1. The van der Waals surface area contributed by atoms with Crippen LogP contribution in [0.1, 0.15) is 73.2 Å². The average molecular weight is 610 g/mol. The molecule has 3 heterocycles. The fraction of sp³-hybridized carbons (Fsp3) is 0.485. The molecule has 2 aliphatic rings. The highest BCUT2D eigenvalue weighted by Gasteiger charge is 2.35. The summed E-state index contributed by atoms with van der Waals surface area (Å²) >= 11 is 0. The number of aryl methyl sites for hydroxylation is 1. The number of benzene rings is 2. The number of alkyl halides is 3. The minimum Gasteiger partial charge on any atom is -0.464 e. The zero-order valence-corrected chi connectivity index (χ0v) is 25.2. The van der Waals surface area contributed by atoms with E-state index in [1.165, 1.54) is 23.3 Å². The molecule has 0 amide bonds. The number of carbonyl (C=O) groups excluding carboxylic acids is 1. The van der Waals surface area contributed by atoms with Crippen molar-refractivity contribution >= 4 is 16.9 Å². The number of aliphatic hydroxyl groups is 1. The Bertz CT molecular complexity index is 1640. The van der Waals surface area contributed by atoms with E-state index in [1.807, 2.05) is 31.2 Å². The first-order valence-corrected chi connectivity index (χ1v) is 15.3. The van der Waals surface area contributed by atoms with Crippen molar-refractivity contribution in [1.82, 2.24) is 24.2 Å². The van der Waals surface area contributed by atoms with Crippen LogP contribution in [0.3, 0.4) is 0 Å². The van der Waals surface area contributed by atoms with Gasteiger partial charge in [0.1, 0.15) is 6.17 Å². The molecule has 11 heteroatoms. The Labute approximate surface area is 254 Å². The maximum absolute atomic E-state index is 14.5. The van der Waals surface area contributed by atoms with Crippen LogP contribution in [0.2, 0.25) is 0 Å². The quantitative estimate of drug-likeness (QED) is 0.237. The molecule has 0 bridgehead atoms. The van der Waals surface area contributed by atoms with E-state index in [9.17, 15) is 23.1 Å². The Hall–Kier alpha value is -3.70. The van der Waals surface area contributed by atoms with Gasteiger partial charge in [-0.3, -0.25) is 9.58 Å². The summed E-state index contributed by atoms with van der Waals surface area (Å²) in [6.07, 6.45) is 2.56. The smallest absolute Gasteiger partial charge is 0.337 e. The number of carbonyl (C=O) groups is 1. The summed E-state index contributed by atoms with van der Waals surface area (Å²) < 4.78 is 51.6. The number of aromatic nitrogens is 4. The summed E-state index contributed by atoms with van der Waals surface area (Å²) in [5.41, 5.74) is 4.30. The molecule has 234 valence electrons. The summed E-state index contributed by atoms with van der Waals surface area (Å²) in [7, 11) is 2.09. The number of fused-ring (bicyclic) bond motifs is 2. The van der Waals surface area contributed by atoms with Crippen molar-refractivity contribution in [1.29, 1.82) is 0 Å². The number of aliphatic hydroxyl groups excluding tert-OH is 1. The number of esters is 1. The highest BCUT2D eigenvalue weighted by atomic mass is 19.3. The predicted molar refractivity (Wildman–Crippen MR) is 160 cm³/mol. The average Bonchev–Trinajstić information content (AvgIpc) is 3.70. The Balaban J connectivity index is 1.35. The summed E-state index contributed by atoms with van der Waals surface area (Å²) in [5.74, 6) is -0.634. The van der Waals surface area contributed by atoms with Crippen molar-refractivity contribution in [2.75, 3.05) is 13.7 Å². The molecule has 8 nitrogen and oxygen atoms in total. The number of halogens is 3. The monoisotopic (exact) mass is 609 g/mol. The number of nitrogens with zero attached hydrogens (tertiary/aromatic N) is 5. The summed E-state index contributed by atoms with van der Waals surface area (Å²) in [5, 5.41) is 14.7. The second kappa shape index (κ2) is 12.4. The van der Waals surface area contributed by atoms with Gasteiger partial charge in [-0.15, -0.1) is 0 Å². The first-order chi connectivity index (χ1) is 21.1. The molecule has 1 saturated carbocycles.